The van der Waals surface area contributed by atoms with E-state index in [1.54, 1.807) is 11.3 Å². The maximum absolute atomic E-state index is 13.6. The second-order valence-electron chi connectivity index (χ2n) is 4.33. The molecule has 0 bridgehead atoms. The summed E-state index contributed by atoms with van der Waals surface area (Å²) < 4.78 is 13.6. The first kappa shape index (κ1) is 13.7. The molecule has 1 aromatic heterocycles. The van der Waals surface area contributed by atoms with Gasteiger partial charge in [-0.15, -0.1) is 0 Å². The largest absolute Gasteiger partial charge is 0.366 e. The molecular formula is C14H15FN2OS. The molecule has 1 aromatic carbocycles. The number of amides is 1. The van der Waals surface area contributed by atoms with E-state index >= 15 is 0 Å². The molecule has 0 saturated carbocycles. The molecule has 1 heterocycles. The number of carbonyl (C=O) groups excluding carboxylic acids is 1. The fourth-order valence-corrected chi connectivity index (χ4v) is 2.52. The van der Waals surface area contributed by atoms with Gasteiger partial charge in [-0.25, -0.2) is 4.39 Å². The van der Waals surface area contributed by atoms with Gasteiger partial charge in [0.05, 0.1) is 0 Å². The zero-order valence-corrected chi connectivity index (χ0v) is 11.3. The number of thiophene rings is 1. The summed E-state index contributed by atoms with van der Waals surface area (Å²) in [5.41, 5.74) is 7.11. The van der Waals surface area contributed by atoms with E-state index in [4.69, 9.17) is 5.73 Å². The summed E-state index contributed by atoms with van der Waals surface area (Å²) >= 11 is 1.62. The average Bonchev–Trinajstić information content (AvgIpc) is 2.91. The highest BCUT2D eigenvalue weighted by Gasteiger charge is 2.09. The molecule has 19 heavy (non-hydrogen) atoms. The van der Waals surface area contributed by atoms with Crippen LogP contribution < -0.4 is 11.1 Å². The minimum atomic E-state index is -0.549. The quantitative estimate of drug-likeness (QED) is 0.883. The summed E-state index contributed by atoms with van der Waals surface area (Å²) in [6, 6.07) is 6.31. The van der Waals surface area contributed by atoms with Crippen molar-refractivity contribution in [3.63, 3.8) is 0 Å². The zero-order chi connectivity index (χ0) is 13.8. The monoisotopic (exact) mass is 278 g/mol. The van der Waals surface area contributed by atoms with E-state index in [2.05, 4.69) is 5.32 Å². The first-order chi connectivity index (χ1) is 9.08. The van der Waals surface area contributed by atoms with Crippen molar-refractivity contribution in [2.75, 3.05) is 0 Å². The van der Waals surface area contributed by atoms with Gasteiger partial charge in [0.2, 0.25) is 5.91 Å². The van der Waals surface area contributed by atoms with Gasteiger partial charge in [0.1, 0.15) is 5.82 Å². The molecule has 1 amide bonds. The summed E-state index contributed by atoms with van der Waals surface area (Å²) in [6.07, 6.45) is 0. The molecule has 0 aliphatic carbocycles. The third kappa shape index (κ3) is 3.39. The smallest absolute Gasteiger partial charge is 0.248 e. The molecule has 3 nitrogen and oxygen atoms in total. The van der Waals surface area contributed by atoms with Crippen molar-refractivity contribution in [1.29, 1.82) is 0 Å². The Morgan fingerprint density at radius 2 is 2.26 bits per heavy atom. The van der Waals surface area contributed by atoms with Crippen LogP contribution in [0.15, 0.2) is 35.0 Å². The van der Waals surface area contributed by atoms with Crippen molar-refractivity contribution in [3.05, 3.63) is 57.5 Å². The van der Waals surface area contributed by atoms with Gasteiger partial charge in [0, 0.05) is 23.7 Å². The Morgan fingerprint density at radius 3 is 2.89 bits per heavy atom. The van der Waals surface area contributed by atoms with Gasteiger partial charge in [0.15, 0.2) is 0 Å². The van der Waals surface area contributed by atoms with Crippen LogP contribution in [0.5, 0.6) is 0 Å². The average molecular weight is 278 g/mol. The van der Waals surface area contributed by atoms with E-state index in [0.717, 1.165) is 5.56 Å². The van der Waals surface area contributed by atoms with E-state index in [0.29, 0.717) is 17.7 Å². The molecule has 0 fully saturated rings. The van der Waals surface area contributed by atoms with Crippen LogP contribution in [0.25, 0.3) is 0 Å². The summed E-state index contributed by atoms with van der Waals surface area (Å²) in [5, 5.41) is 7.27. The highest BCUT2D eigenvalue weighted by atomic mass is 32.1. The molecule has 5 heteroatoms. The lowest BCUT2D eigenvalue weighted by Gasteiger charge is -2.13. The fourth-order valence-electron chi connectivity index (χ4n) is 1.77. The summed E-state index contributed by atoms with van der Waals surface area (Å²) in [6.45, 7) is 2.36. The number of primary amides is 1. The molecule has 0 saturated heterocycles. The predicted octanol–water partition coefficient (Wildman–Crippen LogP) is 2.84. The van der Waals surface area contributed by atoms with Crippen LogP contribution in [0.1, 0.15) is 34.5 Å². The van der Waals surface area contributed by atoms with Crippen LogP contribution in [-0.2, 0) is 6.54 Å². The van der Waals surface area contributed by atoms with Gasteiger partial charge in [0.25, 0.3) is 0 Å². The van der Waals surface area contributed by atoms with Crippen LogP contribution in [0.4, 0.5) is 4.39 Å². The van der Waals surface area contributed by atoms with Gasteiger partial charge in [-0.05, 0) is 47.5 Å². The minimum Gasteiger partial charge on any atom is -0.366 e. The van der Waals surface area contributed by atoms with E-state index in [9.17, 15) is 9.18 Å². The maximum Gasteiger partial charge on any atom is 0.248 e. The number of carbonyl (C=O) groups is 1. The van der Waals surface area contributed by atoms with Crippen molar-refractivity contribution < 1.29 is 9.18 Å². The van der Waals surface area contributed by atoms with Crippen molar-refractivity contribution in [2.24, 2.45) is 5.73 Å². The second-order valence-corrected chi connectivity index (χ2v) is 5.11. The van der Waals surface area contributed by atoms with Crippen LogP contribution in [-0.4, -0.2) is 5.91 Å². The molecule has 1 atom stereocenters. The summed E-state index contributed by atoms with van der Waals surface area (Å²) in [5.74, 6) is -0.887. The minimum absolute atomic E-state index is 0.128. The highest BCUT2D eigenvalue weighted by Crippen LogP contribution is 2.17. The number of halogens is 1. The third-order valence-corrected chi connectivity index (χ3v) is 3.67. The standard InChI is InChI=1S/C14H15FN2OS/c1-9(11-4-5-19-8-11)17-7-12-6-10(14(16)18)2-3-13(12)15/h2-6,8-9,17H,7H2,1H3,(H2,16,18). The Morgan fingerprint density at radius 1 is 1.47 bits per heavy atom. The van der Waals surface area contributed by atoms with Gasteiger partial charge in [-0.3, -0.25) is 4.79 Å². The molecule has 2 aromatic rings. The molecule has 1 unspecified atom stereocenters. The Balaban J connectivity index is 2.06. The highest BCUT2D eigenvalue weighted by molar-refractivity contribution is 7.07. The lowest BCUT2D eigenvalue weighted by molar-refractivity contribution is 0.1000. The molecule has 3 N–H and O–H groups in total. The third-order valence-electron chi connectivity index (χ3n) is 2.97. The van der Waals surface area contributed by atoms with E-state index < -0.39 is 5.91 Å². The van der Waals surface area contributed by atoms with Gasteiger partial charge < -0.3 is 11.1 Å². The zero-order valence-electron chi connectivity index (χ0n) is 10.5. The SMILES string of the molecule is CC(NCc1cc(C(N)=O)ccc1F)c1ccsc1. The van der Waals surface area contributed by atoms with Crippen LogP contribution >= 0.6 is 11.3 Å². The first-order valence-electron chi connectivity index (χ1n) is 5.91. The van der Waals surface area contributed by atoms with Gasteiger partial charge in [-0.2, -0.15) is 11.3 Å². The second kappa shape index (κ2) is 5.95. The normalized spacial score (nSPS) is 12.3. The maximum atomic E-state index is 13.6. The van der Waals surface area contributed by atoms with Crippen LogP contribution in [0.3, 0.4) is 0 Å². The van der Waals surface area contributed by atoms with Crippen molar-refractivity contribution in [3.8, 4) is 0 Å². The number of nitrogens with one attached hydrogen (secondary N) is 1. The molecule has 0 aliphatic rings. The van der Waals surface area contributed by atoms with Gasteiger partial charge >= 0.3 is 0 Å². The van der Waals surface area contributed by atoms with Crippen LogP contribution in [0, 0.1) is 5.82 Å². The Bertz CT molecular complexity index is 569. The molecule has 2 rings (SSSR count). The molecule has 100 valence electrons. The molecule has 0 spiro atoms. The summed E-state index contributed by atoms with van der Waals surface area (Å²) in [7, 11) is 0. The molecular weight excluding hydrogens is 263 g/mol. The lowest BCUT2D eigenvalue weighted by atomic mass is 10.1. The molecule has 0 radical (unpaired) electrons. The van der Waals surface area contributed by atoms with E-state index in [1.165, 1.54) is 18.2 Å². The fraction of sp³-hybridized carbons (Fsp3) is 0.214. The van der Waals surface area contributed by atoms with E-state index in [1.807, 2.05) is 23.8 Å². The number of rotatable bonds is 5. The Hall–Kier alpha value is -1.72. The number of hydrogen-bond donors (Lipinski definition) is 2. The lowest BCUT2D eigenvalue weighted by Crippen LogP contribution is -2.19. The van der Waals surface area contributed by atoms with Crippen molar-refractivity contribution >= 4 is 17.2 Å². The Labute approximate surface area is 115 Å². The van der Waals surface area contributed by atoms with E-state index in [-0.39, 0.29) is 11.9 Å². The number of nitrogens with two attached hydrogens (primary N) is 1. The van der Waals surface area contributed by atoms with Crippen molar-refractivity contribution in [2.45, 2.75) is 19.5 Å². The Kier molecular flexibility index (Phi) is 4.29. The predicted molar refractivity (Wildman–Crippen MR) is 74.5 cm³/mol. The topological polar surface area (TPSA) is 55.1 Å². The van der Waals surface area contributed by atoms with Crippen LogP contribution in [0.2, 0.25) is 0 Å². The number of benzene rings is 1. The summed E-state index contributed by atoms with van der Waals surface area (Å²) in [4.78, 5) is 11.1. The number of hydrogen-bond acceptors (Lipinski definition) is 3. The van der Waals surface area contributed by atoms with Gasteiger partial charge in [-0.1, -0.05) is 0 Å². The first-order valence-corrected chi connectivity index (χ1v) is 6.86. The van der Waals surface area contributed by atoms with Crippen molar-refractivity contribution in [1.82, 2.24) is 5.32 Å². The molecule has 0 aliphatic heterocycles.